The Hall–Kier alpha value is -3.13. The van der Waals surface area contributed by atoms with Crippen LogP contribution in [0.25, 0.3) is 11.5 Å². The number of furan rings is 1. The third-order valence-corrected chi connectivity index (χ3v) is 3.31. The van der Waals surface area contributed by atoms with E-state index in [-0.39, 0.29) is 24.3 Å². The largest absolute Gasteiger partial charge is 0.461 e. The van der Waals surface area contributed by atoms with Crippen molar-refractivity contribution in [2.24, 2.45) is 0 Å². The van der Waals surface area contributed by atoms with Gasteiger partial charge in [0.1, 0.15) is 0 Å². The molecule has 24 heavy (non-hydrogen) atoms. The second-order valence-electron chi connectivity index (χ2n) is 5.11. The lowest BCUT2D eigenvalue weighted by Crippen LogP contribution is -2.36. The van der Waals surface area contributed by atoms with Gasteiger partial charge in [0, 0.05) is 24.9 Å². The molecule has 0 bridgehead atoms. The van der Waals surface area contributed by atoms with Gasteiger partial charge < -0.3 is 23.9 Å². The van der Waals surface area contributed by atoms with E-state index in [1.54, 1.807) is 30.5 Å². The summed E-state index contributed by atoms with van der Waals surface area (Å²) in [5.41, 5.74) is -0.145. The van der Waals surface area contributed by atoms with Gasteiger partial charge in [-0.05, 0) is 18.2 Å². The van der Waals surface area contributed by atoms with Gasteiger partial charge in [0.15, 0.2) is 11.5 Å². The molecule has 0 fully saturated rings. The fourth-order valence-corrected chi connectivity index (χ4v) is 2.12. The predicted molar refractivity (Wildman–Crippen MR) is 83.2 cm³/mol. The monoisotopic (exact) mass is 329 g/mol. The number of rotatable bonds is 6. The number of pyridine rings is 1. The molecule has 0 aliphatic rings. The molecule has 124 valence electrons. The Morgan fingerprint density at radius 2 is 2.17 bits per heavy atom. The lowest BCUT2D eigenvalue weighted by Gasteiger charge is -2.12. The van der Waals surface area contributed by atoms with Gasteiger partial charge in [-0.25, -0.2) is 0 Å². The first-order valence-electron chi connectivity index (χ1n) is 7.26. The van der Waals surface area contributed by atoms with Crippen LogP contribution in [0.3, 0.4) is 0 Å². The molecule has 0 aliphatic carbocycles. The van der Waals surface area contributed by atoms with E-state index in [1.807, 2.05) is 0 Å². The van der Waals surface area contributed by atoms with Crippen molar-refractivity contribution >= 4 is 5.91 Å². The smallest absolute Gasteiger partial charge is 0.273 e. The molecule has 8 heteroatoms. The third-order valence-electron chi connectivity index (χ3n) is 3.31. The van der Waals surface area contributed by atoms with Crippen LogP contribution in [0.4, 0.5) is 0 Å². The number of amides is 1. The second-order valence-corrected chi connectivity index (χ2v) is 5.11. The van der Waals surface area contributed by atoms with Gasteiger partial charge in [-0.15, -0.1) is 0 Å². The number of carbonyl (C=O) groups excluding carboxylic acids is 1. The number of aliphatic hydroxyl groups excluding tert-OH is 1. The summed E-state index contributed by atoms with van der Waals surface area (Å²) in [5, 5.41) is 16.1. The molecule has 0 aliphatic heterocycles. The molecular weight excluding hydrogens is 314 g/mol. The predicted octanol–water partition coefficient (Wildman–Crippen LogP) is 0.887. The first kappa shape index (κ1) is 15.8. The number of aliphatic hydroxyl groups is 1. The van der Waals surface area contributed by atoms with Crippen LogP contribution >= 0.6 is 0 Å². The van der Waals surface area contributed by atoms with Gasteiger partial charge in [-0.3, -0.25) is 9.59 Å². The van der Waals surface area contributed by atoms with Crippen LogP contribution in [0, 0.1) is 0 Å². The Labute approximate surface area is 136 Å². The SMILES string of the molecule is O=C(NC[C@H](O)Cn1ccccc1=O)c1cc(-c2ccco2)on1. The summed E-state index contributed by atoms with van der Waals surface area (Å²) < 4.78 is 11.5. The Morgan fingerprint density at radius 3 is 2.92 bits per heavy atom. The van der Waals surface area contributed by atoms with Crippen LogP contribution in [0.1, 0.15) is 10.5 Å². The Morgan fingerprint density at radius 1 is 1.29 bits per heavy atom. The fraction of sp³-hybridized carbons (Fsp3) is 0.188. The van der Waals surface area contributed by atoms with E-state index in [4.69, 9.17) is 8.94 Å². The van der Waals surface area contributed by atoms with Crippen molar-refractivity contribution in [1.82, 2.24) is 15.0 Å². The van der Waals surface area contributed by atoms with Gasteiger partial charge in [0.05, 0.1) is 18.9 Å². The average Bonchev–Trinajstić information content (AvgIpc) is 3.25. The molecular formula is C16H15N3O5. The number of hydrogen-bond acceptors (Lipinski definition) is 6. The second kappa shape index (κ2) is 6.97. The van der Waals surface area contributed by atoms with Gasteiger partial charge >= 0.3 is 0 Å². The van der Waals surface area contributed by atoms with Crippen molar-refractivity contribution in [3.63, 3.8) is 0 Å². The molecule has 3 rings (SSSR count). The highest BCUT2D eigenvalue weighted by Gasteiger charge is 2.16. The number of carbonyl (C=O) groups is 1. The summed E-state index contributed by atoms with van der Waals surface area (Å²) in [7, 11) is 0. The quantitative estimate of drug-likeness (QED) is 0.695. The average molecular weight is 329 g/mol. The van der Waals surface area contributed by atoms with Gasteiger partial charge in [0.2, 0.25) is 5.76 Å². The summed E-state index contributed by atoms with van der Waals surface area (Å²) in [5.74, 6) is 0.308. The normalized spacial score (nSPS) is 12.0. The highest BCUT2D eigenvalue weighted by Crippen LogP contribution is 2.20. The molecule has 0 spiro atoms. The minimum atomic E-state index is -0.912. The van der Waals surface area contributed by atoms with E-state index in [2.05, 4.69) is 10.5 Å². The number of aromatic nitrogens is 2. The molecule has 1 amide bonds. The maximum Gasteiger partial charge on any atom is 0.273 e. The molecule has 0 radical (unpaired) electrons. The van der Waals surface area contributed by atoms with Gasteiger partial charge in [-0.2, -0.15) is 0 Å². The number of nitrogens with one attached hydrogen (secondary N) is 1. The molecule has 2 N–H and O–H groups in total. The molecule has 3 heterocycles. The van der Waals surface area contributed by atoms with Crippen LogP contribution < -0.4 is 10.9 Å². The molecule has 0 saturated heterocycles. The van der Waals surface area contributed by atoms with Crippen LogP contribution in [0.2, 0.25) is 0 Å². The van der Waals surface area contributed by atoms with E-state index in [0.29, 0.717) is 11.5 Å². The Bertz CT molecular complexity index is 866. The van der Waals surface area contributed by atoms with Crippen molar-refractivity contribution in [3.8, 4) is 11.5 Å². The summed E-state index contributed by atoms with van der Waals surface area (Å²) in [6, 6.07) is 9.54. The minimum absolute atomic E-state index is 0.0247. The highest BCUT2D eigenvalue weighted by molar-refractivity contribution is 5.92. The van der Waals surface area contributed by atoms with Crippen LogP contribution in [0.5, 0.6) is 0 Å². The minimum Gasteiger partial charge on any atom is -0.461 e. The first-order chi connectivity index (χ1) is 11.6. The lowest BCUT2D eigenvalue weighted by molar-refractivity contribution is 0.0894. The van der Waals surface area contributed by atoms with Gasteiger partial charge in [0.25, 0.3) is 11.5 Å². The van der Waals surface area contributed by atoms with E-state index < -0.39 is 12.0 Å². The number of hydrogen-bond donors (Lipinski definition) is 2. The zero-order valence-electron chi connectivity index (χ0n) is 12.6. The Balaban J connectivity index is 1.55. The number of nitrogens with zero attached hydrogens (tertiary/aromatic N) is 2. The van der Waals surface area contributed by atoms with E-state index in [0.717, 1.165) is 0 Å². The standard InChI is InChI=1S/C16H15N3O5/c20-11(10-19-6-2-1-5-15(19)21)9-17-16(22)12-8-14(24-18-12)13-4-3-7-23-13/h1-8,11,20H,9-10H2,(H,17,22)/t11-/m0/s1. The Kier molecular flexibility index (Phi) is 4.57. The third kappa shape index (κ3) is 3.61. The zero-order chi connectivity index (χ0) is 16.9. The summed E-state index contributed by atoms with van der Waals surface area (Å²) in [4.78, 5) is 23.6. The molecule has 3 aromatic heterocycles. The zero-order valence-corrected chi connectivity index (χ0v) is 12.6. The maximum atomic E-state index is 12.0. The molecule has 1 atom stereocenters. The van der Waals surface area contributed by atoms with Crippen molar-refractivity contribution in [1.29, 1.82) is 0 Å². The maximum absolute atomic E-state index is 12.0. The van der Waals surface area contributed by atoms with Crippen molar-refractivity contribution in [2.75, 3.05) is 6.54 Å². The highest BCUT2D eigenvalue weighted by atomic mass is 16.5. The van der Waals surface area contributed by atoms with Crippen LogP contribution in [-0.4, -0.2) is 33.4 Å². The first-order valence-corrected chi connectivity index (χ1v) is 7.26. The molecule has 3 aromatic rings. The summed E-state index contributed by atoms with van der Waals surface area (Å²) in [6.45, 7) is 0.0551. The molecule has 8 nitrogen and oxygen atoms in total. The van der Waals surface area contributed by atoms with Crippen LogP contribution in [-0.2, 0) is 6.54 Å². The van der Waals surface area contributed by atoms with Crippen LogP contribution in [0.15, 0.2) is 62.6 Å². The van der Waals surface area contributed by atoms with E-state index in [9.17, 15) is 14.7 Å². The van der Waals surface area contributed by atoms with E-state index >= 15 is 0 Å². The lowest BCUT2D eigenvalue weighted by atomic mass is 10.3. The van der Waals surface area contributed by atoms with Crippen molar-refractivity contribution in [2.45, 2.75) is 12.6 Å². The summed E-state index contributed by atoms with van der Waals surface area (Å²) >= 11 is 0. The van der Waals surface area contributed by atoms with E-state index in [1.165, 1.54) is 23.0 Å². The van der Waals surface area contributed by atoms with Crippen molar-refractivity contribution < 1.29 is 18.8 Å². The molecule has 0 aromatic carbocycles. The fourth-order valence-electron chi connectivity index (χ4n) is 2.12. The summed E-state index contributed by atoms with van der Waals surface area (Å²) in [6.07, 6.45) is 2.14. The van der Waals surface area contributed by atoms with Crippen molar-refractivity contribution in [3.05, 3.63) is 64.9 Å². The van der Waals surface area contributed by atoms with Gasteiger partial charge in [-0.1, -0.05) is 11.2 Å². The topological polar surface area (TPSA) is 110 Å². The molecule has 0 saturated carbocycles. The molecule has 0 unspecified atom stereocenters.